The number of hydrogen-bond donors (Lipinski definition) is 2. The number of aromatic nitrogens is 2. The molecule has 0 aliphatic rings. The van der Waals surface area contributed by atoms with Crippen LogP contribution >= 0.6 is 0 Å². The maximum atomic E-state index is 11.1. The minimum atomic E-state index is -0.473. The number of aromatic amines is 2. The highest BCUT2D eigenvalue weighted by Crippen LogP contribution is 2.01. The first-order chi connectivity index (χ1) is 8.54. The fraction of sp³-hybridized carbons (Fsp3) is 0.250. The van der Waals surface area contributed by atoms with E-state index in [4.69, 9.17) is 0 Å². The smallest absolute Gasteiger partial charge is 0.326 e. The first-order valence-corrected chi connectivity index (χ1v) is 5.39. The van der Waals surface area contributed by atoms with E-state index in [0.717, 1.165) is 0 Å². The molecule has 6 nitrogen and oxygen atoms in total. The van der Waals surface area contributed by atoms with E-state index in [2.05, 4.69) is 14.7 Å². The van der Waals surface area contributed by atoms with Crippen molar-refractivity contribution in [3.8, 4) is 0 Å². The number of H-pyrrole nitrogens is 2. The van der Waals surface area contributed by atoms with E-state index in [1.165, 1.54) is 6.92 Å². The maximum Gasteiger partial charge on any atom is 0.326 e. The van der Waals surface area contributed by atoms with Crippen molar-refractivity contribution in [1.82, 2.24) is 9.97 Å². The molecule has 2 rings (SSSR count). The minimum absolute atomic E-state index is 0.211. The summed E-state index contributed by atoms with van der Waals surface area (Å²) in [6.07, 6.45) is 0. The molecule has 2 N–H and O–H groups in total. The van der Waals surface area contributed by atoms with Crippen LogP contribution in [0.1, 0.15) is 13.8 Å². The zero-order chi connectivity index (χ0) is 13.5. The van der Waals surface area contributed by atoms with Gasteiger partial charge in [0.2, 0.25) is 0 Å². The number of benzene rings is 1. The monoisotopic (exact) mass is 250 g/mol. The normalized spacial score (nSPS) is 9.44. The van der Waals surface area contributed by atoms with E-state index < -0.39 is 5.69 Å². The van der Waals surface area contributed by atoms with E-state index >= 15 is 0 Å². The van der Waals surface area contributed by atoms with Crippen LogP contribution in [-0.2, 0) is 9.53 Å². The first-order valence-electron chi connectivity index (χ1n) is 5.39. The summed E-state index contributed by atoms with van der Waals surface area (Å²) in [6, 6.07) is 6.85. The van der Waals surface area contributed by atoms with Crippen LogP contribution in [0.3, 0.4) is 0 Å². The standard InChI is InChI=1S/C8H6N2O2.C4H8O2/c11-7-5-3-1-2-4-6(5)9-8(12)10-7;1-3-6-4(2)5/h1-4H,(H2,9,10,11,12);3H2,1-2H3. The molecule has 0 unspecified atom stereocenters. The molecule has 0 radical (unpaired) electrons. The molecule has 1 heterocycles. The van der Waals surface area contributed by atoms with Crippen molar-refractivity contribution in [3.63, 3.8) is 0 Å². The number of rotatable bonds is 1. The van der Waals surface area contributed by atoms with Crippen LogP contribution in [-0.4, -0.2) is 22.5 Å². The van der Waals surface area contributed by atoms with Gasteiger partial charge in [0, 0.05) is 6.92 Å². The van der Waals surface area contributed by atoms with Crippen molar-refractivity contribution in [3.05, 3.63) is 45.1 Å². The molecule has 0 bridgehead atoms. The number of hydrogen-bond acceptors (Lipinski definition) is 4. The molecular formula is C12H14N2O4. The Kier molecular flexibility index (Phi) is 4.86. The lowest BCUT2D eigenvalue weighted by molar-refractivity contribution is -0.140. The molecule has 0 spiro atoms. The Morgan fingerprint density at radius 2 is 1.89 bits per heavy atom. The molecule has 0 aliphatic carbocycles. The largest absolute Gasteiger partial charge is 0.466 e. The van der Waals surface area contributed by atoms with Gasteiger partial charge < -0.3 is 9.72 Å². The second-order valence-electron chi connectivity index (χ2n) is 3.38. The first kappa shape index (κ1) is 13.7. The summed E-state index contributed by atoms with van der Waals surface area (Å²) in [6.45, 7) is 3.65. The summed E-state index contributed by atoms with van der Waals surface area (Å²) in [5, 5.41) is 0.497. The Morgan fingerprint density at radius 3 is 2.44 bits per heavy atom. The quantitative estimate of drug-likeness (QED) is 0.732. The van der Waals surface area contributed by atoms with Gasteiger partial charge in [0.1, 0.15) is 0 Å². The van der Waals surface area contributed by atoms with Crippen molar-refractivity contribution in [2.45, 2.75) is 13.8 Å². The Balaban J connectivity index is 0.000000232. The average Bonchev–Trinajstić information content (AvgIpc) is 2.29. The molecule has 1 aromatic heterocycles. The van der Waals surface area contributed by atoms with Gasteiger partial charge in [0.15, 0.2) is 0 Å². The third-order valence-corrected chi connectivity index (χ3v) is 1.99. The van der Waals surface area contributed by atoms with Crippen molar-refractivity contribution in [1.29, 1.82) is 0 Å². The number of fused-ring (bicyclic) bond motifs is 1. The van der Waals surface area contributed by atoms with Gasteiger partial charge in [-0.1, -0.05) is 12.1 Å². The zero-order valence-corrected chi connectivity index (χ0v) is 10.1. The second-order valence-corrected chi connectivity index (χ2v) is 3.38. The van der Waals surface area contributed by atoms with E-state index in [0.29, 0.717) is 17.5 Å². The zero-order valence-electron chi connectivity index (χ0n) is 10.1. The van der Waals surface area contributed by atoms with Crippen molar-refractivity contribution >= 4 is 16.9 Å². The Bertz CT molecular complexity index is 642. The van der Waals surface area contributed by atoms with E-state index in [9.17, 15) is 14.4 Å². The molecule has 0 atom stereocenters. The van der Waals surface area contributed by atoms with Crippen LogP contribution < -0.4 is 11.2 Å². The molecular weight excluding hydrogens is 236 g/mol. The Morgan fingerprint density at radius 1 is 1.22 bits per heavy atom. The van der Waals surface area contributed by atoms with Crippen LogP contribution in [0, 0.1) is 0 Å². The predicted molar refractivity (Wildman–Crippen MR) is 67.5 cm³/mol. The number of carbonyl (C=O) groups is 1. The molecule has 1 aromatic carbocycles. The molecule has 0 saturated heterocycles. The van der Waals surface area contributed by atoms with Gasteiger partial charge in [-0.2, -0.15) is 0 Å². The molecule has 0 aliphatic heterocycles. The summed E-state index contributed by atoms with van der Waals surface area (Å²) < 4.78 is 4.40. The van der Waals surface area contributed by atoms with E-state index in [1.54, 1.807) is 31.2 Å². The highest BCUT2D eigenvalue weighted by molar-refractivity contribution is 5.76. The number of nitrogens with one attached hydrogen (secondary N) is 2. The Labute approximate surface area is 103 Å². The van der Waals surface area contributed by atoms with Crippen LogP contribution in [0.5, 0.6) is 0 Å². The fourth-order valence-corrected chi connectivity index (χ4v) is 1.32. The third kappa shape index (κ3) is 3.89. The van der Waals surface area contributed by atoms with Crippen molar-refractivity contribution < 1.29 is 9.53 Å². The van der Waals surface area contributed by atoms with Gasteiger partial charge >= 0.3 is 11.7 Å². The van der Waals surface area contributed by atoms with Crippen LogP contribution in [0.4, 0.5) is 0 Å². The van der Waals surface area contributed by atoms with E-state index in [-0.39, 0.29) is 11.5 Å². The third-order valence-electron chi connectivity index (χ3n) is 1.99. The minimum Gasteiger partial charge on any atom is -0.466 e. The lowest BCUT2D eigenvalue weighted by Gasteiger charge is -1.92. The Hall–Kier alpha value is -2.37. The van der Waals surface area contributed by atoms with E-state index in [1.807, 2.05) is 0 Å². The summed E-state index contributed by atoms with van der Waals surface area (Å²) in [7, 11) is 0. The van der Waals surface area contributed by atoms with Crippen LogP contribution in [0.25, 0.3) is 10.9 Å². The summed E-state index contributed by atoms with van der Waals surface area (Å²) >= 11 is 0. The van der Waals surface area contributed by atoms with Crippen LogP contribution in [0.2, 0.25) is 0 Å². The lowest BCUT2D eigenvalue weighted by atomic mass is 10.2. The fourth-order valence-electron chi connectivity index (χ4n) is 1.32. The van der Waals surface area contributed by atoms with Crippen molar-refractivity contribution in [2.24, 2.45) is 0 Å². The molecule has 0 fully saturated rings. The van der Waals surface area contributed by atoms with Gasteiger partial charge in [0.25, 0.3) is 5.56 Å². The van der Waals surface area contributed by atoms with Gasteiger partial charge in [-0.05, 0) is 19.1 Å². The summed E-state index contributed by atoms with van der Waals surface area (Å²) in [5.74, 6) is -0.211. The van der Waals surface area contributed by atoms with Gasteiger partial charge in [-0.15, -0.1) is 0 Å². The number of ether oxygens (including phenoxy) is 1. The van der Waals surface area contributed by atoms with Crippen LogP contribution in [0.15, 0.2) is 33.9 Å². The average molecular weight is 250 g/mol. The molecule has 0 amide bonds. The number of carbonyl (C=O) groups excluding carboxylic acids is 1. The van der Waals surface area contributed by atoms with Gasteiger partial charge in [-0.25, -0.2) is 4.79 Å². The maximum absolute atomic E-state index is 11.1. The number of esters is 1. The molecule has 18 heavy (non-hydrogen) atoms. The SMILES string of the molecule is CCOC(C)=O.O=c1[nH]c(=O)c2ccccc2[nH]1. The summed E-state index contributed by atoms with van der Waals surface area (Å²) in [4.78, 5) is 36.4. The lowest BCUT2D eigenvalue weighted by Crippen LogP contribution is -2.21. The highest BCUT2D eigenvalue weighted by atomic mass is 16.5. The van der Waals surface area contributed by atoms with Gasteiger partial charge in [0.05, 0.1) is 17.5 Å². The summed E-state index contributed by atoms with van der Waals surface area (Å²) in [5.41, 5.74) is -0.265. The molecule has 2 aromatic rings. The highest BCUT2D eigenvalue weighted by Gasteiger charge is 1.96. The predicted octanol–water partition coefficient (Wildman–Crippen LogP) is 0.786. The molecule has 0 saturated carbocycles. The van der Waals surface area contributed by atoms with Crippen molar-refractivity contribution in [2.75, 3.05) is 6.61 Å². The second kappa shape index (κ2) is 6.39. The van der Waals surface area contributed by atoms with Gasteiger partial charge in [-0.3, -0.25) is 14.6 Å². The molecule has 6 heteroatoms. The number of para-hydroxylation sites is 1. The molecule has 96 valence electrons. The topological polar surface area (TPSA) is 92.0 Å².